The first kappa shape index (κ1) is 22.4. The van der Waals surface area contributed by atoms with Crippen molar-refractivity contribution in [1.82, 2.24) is 14.5 Å². The summed E-state index contributed by atoms with van der Waals surface area (Å²) in [5.41, 5.74) is 2.03. The summed E-state index contributed by atoms with van der Waals surface area (Å²) in [4.78, 5) is 33.4. The Morgan fingerprint density at radius 2 is 1.88 bits per heavy atom. The topological polar surface area (TPSA) is 90.7 Å². The van der Waals surface area contributed by atoms with Crippen LogP contribution in [0.4, 0.5) is 0 Å². The Morgan fingerprint density at radius 1 is 1.18 bits per heavy atom. The number of benzene rings is 2. The minimum atomic E-state index is -0.485. The van der Waals surface area contributed by atoms with Crippen molar-refractivity contribution in [2.24, 2.45) is 4.99 Å². The van der Waals surface area contributed by atoms with Gasteiger partial charge in [-0.3, -0.25) is 19.1 Å². The van der Waals surface area contributed by atoms with Crippen molar-refractivity contribution in [2.75, 3.05) is 13.6 Å². The van der Waals surface area contributed by atoms with E-state index in [2.05, 4.69) is 4.98 Å². The number of rotatable bonds is 6. The number of allylic oxidation sites excluding steroid dienone is 1. The van der Waals surface area contributed by atoms with Crippen LogP contribution < -0.4 is 16.1 Å². The fourth-order valence-electron chi connectivity index (χ4n) is 3.74. The molecule has 0 atom stereocenters. The lowest BCUT2D eigenvalue weighted by molar-refractivity contribution is -0.127. The quantitative estimate of drug-likeness (QED) is 0.553. The fourth-order valence-corrected chi connectivity index (χ4v) is 3.98. The van der Waals surface area contributed by atoms with E-state index in [9.17, 15) is 14.7 Å². The minimum absolute atomic E-state index is 0.0265. The van der Waals surface area contributed by atoms with E-state index < -0.39 is 5.56 Å². The summed E-state index contributed by atoms with van der Waals surface area (Å²) in [6, 6.07) is 17.2. The number of hydrogen-bond acceptors (Lipinski definition) is 5. The lowest BCUT2D eigenvalue weighted by Gasteiger charge is -2.15. The zero-order chi connectivity index (χ0) is 23.5. The number of aromatic hydroxyl groups is 1. The van der Waals surface area contributed by atoms with E-state index in [0.29, 0.717) is 25.2 Å². The van der Waals surface area contributed by atoms with Crippen LogP contribution in [0.25, 0.3) is 11.6 Å². The largest absolute Gasteiger partial charge is 0.494 e. The molecule has 0 bridgehead atoms. The molecular formula is C25H24N4O3S. The van der Waals surface area contributed by atoms with Crippen LogP contribution in [-0.2, 0) is 11.3 Å². The summed E-state index contributed by atoms with van der Waals surface area (Å²) in [7, 11) is 1.75. The van der Waals surface area contributed by atoms with Gasteiger partial charge in [0.25, 0.3) is 5.56 Å². The average molecular weight is 461 g/mol. The summed E-state index contributed by atoms with van der Waals surface area (Å²) < 4.78 is 1.63. The lowest BCUT2D eigenvalue weighted by Crippen LogP contribution is -2.27. The van der Waals surface area contributed by atoms with Crippen molar-refractivity contribution in [3.63, 3.8) is 0 Å². The van der Waals surface area contributed by atoms with E-state index in [4.69, 9.17) is 17.2 Å². The van der Waals surface area contributed by atoms with Gasteiger partial charge in [-0.25, -0.2) is 4.99 Å². The van der Waals surface area contributed by atoms with Gasteiger partial charge in [-0.2, -0.15) is 0 Å². The molecule has 2 heterocycles. The number of H-pyrrole nitrogens is 1. The molecule has 3 aromatic rings. The Morgan fingerprint density at radius 3 is 2.61 bits per heavy atom. The maximum Gasteiger partial charge on any atom is 0.262 e. The van der Waals surface area contributed by atoms with E-state index in [1.54, 1.807) is 18.0 Å². The van der Waals surface area contributed by atoms with Crippen LogP contribution in [0.1, 0.15) is 24.5 Å². The van der Waals surface area contributed by atoms with Crippen molar-refractivity contribution in [1.29, 1.82) is 0 Å². The van der Waals surface area contributed by atoms with E-state index in [1.807, 2.05) is 54.6 Å². The third-order valence-corrected chi connectivity index (χ3v) is 6.01. The molecule has 7 nitrogen and oxygen atoms in total. The van der Waals surface area contributed by atoms with Gasteiger partial charge in [-0.1, -0.05) is 48.5 Å². The number of aromatic nitrogens is 2. The molecule has 4 rings (SSSR count). The van der Waals surface area contributed by atoms with E-state index >= 15 is 0 Å². The smallest absolute Gasteiger partial charge is 0.262 e. The normalized spacial score (nSPS) is 13.6. The number of carbonyl (C=O) groups is 1. The van der Waals surface area contributed by atoms with Crippen LogP contribution in [0.2, 0.25) is 0 Å². The van der Waals surface area contributed by atoms with Crippen molar-refractivity contribution < 1.29 is 9.90 Å². The number of carbonyl (C=O) groups excluding carboxylic acids is 1. The molecule has 0 fully saturated rings. The van der Waals surface area contributed by atoms with Gasteiger partial charge in [-0.05, 0) is 41.9 Å². The van der Waals surface area contributed by atoms with Gasteiger partial charge >= 0.3 is 0 Å². The summed E-state index contributed by atoms with van der Waals surface area (Å²) in [6.45, 7) is 2.34. The van der Waals surface area contributed by atoms with Gasteiger partial charge in [0.2, 0.25) is 11.8 Å². The Bertz CT molecular complexity index is 1490. The van der Waals surface area contributed by atoms with Crippen LogP contribution in [0, 0.1) is 4.77 Å². The zero-order valence-corrected chi connectivity index (χ0v) is 19.2. The molecule has 0 aliphatic carbocycles. The molecule has 1 amide bonds. The van der Waals surface area contributed by atoms with Gasteiger partial charge in [0.05, 0.1) is 17.6 Å². The Hall–Kier alpha value is -3.78. The SMILES string of the molecule is CC(=O)N(C)CCC1=c2ccccc2=N/C1=C\c1c(O)n(Cc2ccccc2)c(=S)[nH]c1=O. The van der Waals surface area contributed by atoms with Crippen LogP contribution >= 0.6 is 12.2 Å². The molecular weight excluding hydrogens is 436 g/mol. The molecule has 168 valence electrons. The minimum Gasteiger partial charge on any atom is -0.494 e. The van der Waals surface area contributed by atoms with Crippen molar-refractivity contribution in [3.05, 3.63) is 97.1 Å². The molecule has 2 N–H and O–H groups in total. The highest BCUT2D eigenvalue weighted by Gasteiger charge is 2.18. The number of aromatic amines is 1. The molecule has 1 aliphatic rings. The summed E-state index contributed by atoms with van der Waals surface area (Å²) >= 11 is 5.30. The fraction of sp³-hybridized carbons (Fsp3) is 0.200. The Kier molecular flexibility index (Phi) is 6.37. The first-order chi connectivity index (χ1) is 15.8. The van der Waals surface area contributed by atoms with Crippen molar-refractivity contribution in [2.45, 2.75) is 19.9 Å². The highest BCUT2D eigenvalue weighted by Crippen LogP contribution is 2.24. The molecule has 0 unspecified atom stereocenters. The molecule has 0 saturated carbocycles. The van der Waals surface area contributed by atoms with Gasteiger partial charge in [-0.15, -0.1) is 0 Å². The summed E-state index contributed by atoms with van der Waals surface area (Å²) in [5.74, 6) is -0.243. The molecule has 0 saturated heterocycles. The van der Waals surface area contributed by atoms with Crippen LogP contribution in [0.15, 0.2) is 70.1 Å². The predicted octanol–water partition coefficient (Wildman–Crippen LogP) is 2.35. The number of amides is 1. The second-order valence-corrected chi connectivity index (χ2v) is 8.28. The van der Waals surface area contributed by atoms with Gasteiger partial charge < -0.3 is 10.0 Å². The first-order valence-corrected chi connectivity index (χ1v) is 11.0. The molecule has 8 heteroatoms. The highest BCUT2D eigenvalue weighted by molar-refractivity contribution is 7.71. The zero-order valence-electron chi connectivity index (χ0n) is 18.4. The Balaban J connectivity index is 1.80. The second kappa shape index (κ2) is 9.38. The standard InChI is InChI=1S/C25H24N4O3S/c1-16(30)28(2)13-12-19-18-10-6-7-11-21(18)26-22(19)14-20-23(31)27-25(33)29(24(20)32)15-17-8-4-3-5-9-17/h3-11,14,32H,12-13,15H2,1-2H3,(H,27,31,33)/b22-14-. The highest BCUT2D eigenvalue weighted by atomic mass is 32.1. The molecule has 2 aromatic carbocycles. The van der Waals surface area contributed by atoms with E-state index in [-0.39, 0.29) is 22.1 Å². The number of para-hydroxylation sites is 1. The van der Waals surface area contributed by atoms with Gasteiger partial charge in [0.1, 0.15) is 5.56 Å². The maximum atomic E-state index is 12.7. The molecule has 0 radical (unpaired) electrons. The third-order valence-electron chi connectivity index (χ3n) is 5.69. The van der Waals surface area contributed by atoms with Crippen LogP contribution in [0.5, 0.6) is 5.88 Å². The van der Waals surface area contributed by atoms with Crippen molar-refractivity contribution >= 4 is 29.8 Å². The predicted molar refractivity (Wildman–Crippen MR) is 130 cm³/mol. The average Bonchev–Trinajstić information content (AvgIpc) is 3.15. The molecule has 1 aromatic heterocycles. The van der Waals surface area contributed by atoms with Crippen LogP contribution in [-0.4, -0.2) is 39.1 Å². The monoisotopic (exact) mass is 460 g/mol. The van der Waals surface area contributed by atoms with E-state index in [1.165, 1.54) is 11.5 Å². The number of fused-ring (bicyclic) bond motifs is 1. The number of nitrogens with zero attached hydrogens (tertiary/aromatic N) is 3. The van der Waals surface area contributed by atoms with Gasteiger partial charge in [0, 0.05) is 25.7 Å². The summed E-state index contributed by atoms with van der Waals surface area (Å²) in [6.07, 6.45) is 2.15. The lowest BCUT2D eigenvalue weighted by atomic mass is 10.1. The first-order valence-electron chi connectivity index (χ1n) is 10.6. The Labute approximate surface area is 195 Å². The maximum absolute atomic E-state index is 12.7. The van der Waals surface area contributed by atoms with Crippen molar-refractivity contribution in [3.8, 4) is 5.88 Å². The van der Waals surface area contributed by atoms with Gasteiger partial charge in [0.15, 0.2) is 4.77 Å². The van der Waals surface area contributed by atoms with Crippen LogP contribution in [0.3, 0.4) is 0 Å². The summed E-state index contributed by atoms with van der Waals surface area (Å²) in [5, 5.41) is 12.7. The molecule has 0 spiro atoms. The molecule has 33 heavy (non-hydrogen) atoms. The van der Waals surface area contributed by atoms with E-state index in [0.717, 1.165) is 21.7 Å². The molecule has 1 aliphatic heterocycles. The third kappa shape index (κ3) is 4.70. The number of hydrogen-bond donors (Lipinski definition) is 2. The number of nitrogens with one attached hydrogen (secondary N) is 1. The second-order valence-electron chi connectivity index (χ2n) is 7.90.